The van der Waals surface area contributed by atoms with Gasteiger partial charge in [0.25, 0.3) is 17.4 Å². The Morgan fingerprint density at radius 3 is 2.47 bits per heavy atom. The smallest absolute Gasteiger partial charge is 0.267 e. The maximum absolute atomic E-state index is 12.9. The molecule has 1 fully saturated rings. The number of pyridine rings is 1. The summed E-state index contributed by atoms with van der Waals surface area (Å²) in [5.41, 5.74) is 2.52. The van der Waals surface area contributed by atoms with E-state index >= 15 is 0 Å². The number of hydrogen-bond donors (Lipinski definition) is 2. The molecule has 1 aliphatic rings. The number of benzene rings is 2. The monoisotopic (exact) mass is 431 g/mol. The predicted octanol–water partition coefficient (Wildman–Crippen LogP) is 3.31. The highest BCUT2D eigenvalue weighted by molar-refractivity contribution is 6.04. The lowest BCUT2D eigenvalue weighted by molar-refractivity contribution is 0.0856. The van der Waals surface area contributed by atoms with Crippen LogP contribution in [0.4, 0.5) is 5.69 Å². The molecule has 2 N–H and O–H groups in total. The second-order valence-corrected chi connectivity index (χ2v) is 7.81. The summed E-state index contributed by atoms with van der Waals surface area (Å²) in [5.74, 6) is -0.623. The summed E-state index contributed by atoms with van der Waals surface area (Å²) in [7, 11) is 0. The third-order valence-electron chi connectivity index (χ3n) is 5.42. The molecule has 1 atom stereocenters. The van der Waals surface area contributed by atoms with Crippen molar-refractivity contribution in [3.8, 4) is 5.69 Å². The molecule has 1 aromatic heterocycles. The van der Waals surface area contributed by atoms with Crippen molar-refractivity contribution in [2.75, 3.05) is 18.5 Å². The second-order valence-electron chi connectivity index (χ2n) is 7.81. The minimum absolute atomic E-state index is 0.00699. The van der Waals surface area contributed by atoms with Crippen molar-refractivity contribution >= 4 is 17.5 Å². The minimum Gasteiger partial charge on any atom is -0.376 e. The Morgan fingerprint density at radius 2 is 1.78 bits per heavy atom. The molecule has 1 saturated heterocycles. The van der Waals surface area contributed by atoms with E-state index in [0.717, 1.165) is 18.4 Å². The lowest BCUT2D eigenvalue weighted by Crippen LogP contribution is -2.36. The van der Waals surface area contributed by atoms with Crippen molar-refractivity contribution in [1.82, 2.24) is 9.88 Å². The number of amides is 2. The number of nitrogens with one attached hydrogen (secondary N) is 2. The Kier molecular flexibility index (Phi) is 6.47. The molecule has 1 aliphatic heterocycles. The number of ether oxygens (including phenoxy) is 1. The van der Waals surface area contributed by atoms with Crippen LogP contribution in [0, 0.1) is 6.92 Å². The van der Waals surface area contributed by atoms with Crippen LogP contribution in [0.2, 0.25) is 0 Å². The van der Waals surface area contributed by atoms with E-state index < -0.39 is 11.5 Å². The van der Waals surface area contributed by atoms with Crippen LogP contribution in [0.5, 0.6) is 0 Å². The molecule has 2 heterocycles. The summed E-state index contributed by atoms with van der Waals surface area (Å²) in [6.45, 7) is 3.06. The Bertz CT molecular complexity index is 1160. The van der Waals surface area contributed by atoms with Gasteiger partial charge >= 0.3 is 0 Å². The average molecular weight is 431 g/mol. The fourth-order valence-electron chi connectivity index (χ4n) is 3.59. The highest BCUT2D eigenvalue weighted by Crippen LogP contribution is 2.15. The summed E-state index contributed by atoms with van der Waals surface area (Å²) in [6, 6.07) is 17.4. The zero-order valence-corrected chi connectivity index (χ0v) is 17.8. The number of carbonyl (C=O) groups excluding carboxylic acids is 2. The Hall–Kier alpha value is -3.71. The molecule has 7 heteroatoms. The normalized spacial score (nSPS) is 15.3. The Morgan fingerprint density at radius 1 is 1.03 bits per heavy atom. The van der Waals surface area contributed by atoms with Crippen LogP contribution in [0.3, 0.4) is 0 Å². The first kappa shape index (κ1) is 21.5. The largest absolute Gasteiger partial charge is 0.376 e. The molecule has 7 nitrogen and oxygen atoms in total. The van der Waals surface area contributed by atoms with Crippen molar-refractivity contribution in [3.63, 3.8) is 0 Å². The first-order valence-corrected chi connectivity index (χ1v) is 10.6. The van der Waals surface area contributed by atoms with Gasteiger partial charge in [0.15, 0.2) is 0 Å². The first-order chi connectivity index (χ1) is 15.5. The van der Waals surface area contributed by atoms with Crippen LogP contribution in [0.1, 0.15) is 39.1 Å². The van der Waals surface area contributed by atoms with E-state index in [2.05, 4.69) is 10.6 Å². The predicted molar refractivity (Wildman–Crippen MR) is 122 cm³/mol. The van der Waals surface area contributed by atoms with Gasteiger partial charge in [-0.2, -0.15) is 0 Å². The number of carbonyl (C=O) groups is 2. The summed E-state index contributed by atoms with van der Waals surface area (Å²) >= 11 is 0. The van der Waals surface area contributed by atoms with Crippen molar-refractivity contribution < 1.29 is 14.3 Å². The van der Waals surface area contributed by atoms with Gasteiger partial charge in [-0.25, -0.2) is 0 Å². The molecule has 4 rings (SSSR count). The zero-order valence-electron chi connectivity index (χ0n) is 17.8. The molecule has 0 spiro atoms. The number of anilines is 1. The van der Waals surface area contributed by atoms with E-state index in [9.17, 15) is 14.4 Å². The molecule has 0 radical (unpaired) electrons. The average Bonchev–Trinajstić information content (AvgIpc) is 3.32. The molecule has 0 aliphatic carbocycles. The summed E-state index contributed by atoms with van der Waals surface area (Å²) in [5, 5.41) is 5.63. The fourth-order valence-corrected chi connectivity index (χ4v) is 3.59. The number of nitrogens with zero attached hydrogens (tertiary/aromatic N) is 1. The maximum atomic E-state index is 12.9. The van der Waals surface area contributed by atoms with Gasteiger partial charge in [0.1, 0.15) is 5.56 Å². The van der Waals surface area contributed by atoms with Crippen molar-refractivity contribution in [2.24, 2.45) is 0 Å². The van der Waals surface area contributed by atoms with Gasteiger partial charge in [0.05, 0.1) is 6.10 Å². The van der Waals surface area contributed by atoms with Crippen LogP contribution in [0.25, 0.3) is 5.69 Å². The number of aryl methyl sites for hydroxylation is 1. The van der Waals surface area contributed by atoms with Crippen LogP contribution < -0.4 is 16.2 Å². The van der Waals surface area contributed by atoms with Crippen LogP contribution in [0.15, 0.2) is 71.7 Å². The molecule has 32 heavy (non-hydrogen) atoms. The Labute approximate surface area is 186 Å². The molecule has 164 valence electrons. The van der Waals surface area contributed by atoms with E-state index in [-0.39, 0.29) is 17.6 Å². The molecule has 1 unspecified atom stereocenters. The van der Waals surface area contributed by atoms with Gasteiger partial charge < -0.3 is 15.4 Å². The van der Waals surface area contributed by atoms with E-state index in [1.165, 1.54) is 10.6 Å². The van der Waals surface area contributed by atoms with Gasteiger partial charge in [-0.1, -0.05) is 17.7 Å². The molecular formula is C25H25N3O4. The number of aromatic nitrogens is 1. The van der Waals surface area contributed by atoms with Gasteiger partial charge in [0.2, 0.25) is 0 Å². The van der Waals surface area contributed by atoms with Crippen LogP contribution in [-0.2, 0) is 4.74 Å². The minimum atomic E-state index is -0.415. The van der Waals surface area contributed by atoms with Gasteiger partial charge in [-0.15, -0.1) is 0 Å². The highest BCUT2D eigenvalue weighted by Gasteiger charge is 2.18. The van der Waals surface area contributed by atoms with Crippen molar-refractivity contribution in [3.05, 3.63) is 93.9 Å². The van der Waals surface area contributed by atoms with Crippen molar-refractivity contribution in [2.45, 2.75) is 25.9 Å². The number of hydrogen-bond acceptors (Lipinski definition) is 4. The number of rotatable bonds is 6. The van der Waals surface area contributed by atoms with Crippen LogP contribution in [-0.4, -0.2) is 35.6 Å². The summed E-state index contributed by atoms with van der Waals surface area (Å²) in [4.78, 5) is 37.8. The van der Waals surface area contributed by atoms with E-state index in [1.807, 2.05) is 19.1 Å². The highest BCUT2D eigenvalue weighted by atomic mass is 16.5. The van der Waals surface area contributed by atoms with Crippen LogP contribution >= 0.6 is 0 Å². The standard InChI is InChI=1S/C25H25N3O4/c1-17-6-8-18(9-7-17)23(29)27-19-10-12-20(13-11-19)28-14-2-5-22(25(28)31)24(30)26-16-21-4-3-15-32-21/h2,5-14,21H,3-4,15-16H2,1H3,(H,26,30)(H,27,29). The lowest BCUT2D eigenvalue weighted by atomic mass is 10.1. The molecule has 2 amide bonds. The third-order valence-corrected chi connectivity index (χ3v) is 5.42. The van der Waals surface area contributed by atoms with E-state index in [1.54, 1.807) is 48.7 Å². The first-order valence-electron chi connectivity index (χ1n) is 10.6. The SMILES string of the molecule is Cc1ccc(C(=O)Nc2ccc(-n3cccc(C(=O)NCC4CCCO4)c3=O)cc2)cc1. The molecule has 3 aromatic rings. The Balaban J connectivity index is 1.46. The fraction of sp³-hybridized carbons (Fsp3) is 0.240. The van der Waals surface area contributed by atoms with Gasteiger partial charge in [0, 0.05) is 36.3 Å². The molecular weight excluding hydrogens is 406 g/mol. The maximum Gasteiger partial charge on any atom is 0.267 e. The summed E-state index contributed by atoms with van der Waals surface area (Å²) in [6.07, 6.45) is 3.51. The van der Waals surface area contributed by atoms with E-state index in [4.69, 9.17) is 4.74 Å². The quantitative estimate of drug-likeness (QED) is 0.627. The van der Waals surface area contributed by atoms with E-state index in [0.29, 0.717) is 30.1 Å². The topological polar surface area (TPSA) is 89.4 Å². The second kappa shape index (κ2) is 9.62. The van der Waals surface area contributed by atoms with Gasteiger partial charge in [-0.05, 0) is 68.3 Å². The molecule has 0 bridgehead atoms. The summed E-state index contributed by atoms with van der Waals surface area (Å²) < 4.78 is 6.92. The molecule has 2 aromatic carbocycles. The molecule has 0 saturated carbocycles. The zero-order chi connectivity index (χ0) is 22.5. The lowest BCUT2D eigenvalue weighted by Gasteiger charge is -2.12. The van der Waals surface area contributed by atoms with Gasteiger partial charge in [-0.3, -0.25) is 19.0 Å². The van der Waals surface area contributed by atoms with Crippen molar-refractivity contribution in [1.29, 1.82) is 0 Å². The third kappa shape index (κ3) is 4.95.